The predicted octanol–water partition coefficient (Wildman–Crippen LogP) is 5.16. The van der Waals surface area contributed by atoms with Crippen LogP contribution in [0, 0.1) is 10.1 Å². The number of hydrogen-bond acceptors (Lipinski definition) is 5. The molecule has 3 aromatic rings. The molecule has 2 aromatic heterocycles. The van der Waals surface area contributed by atoms with E-state index in [2.05, 4.69) is 15.2 Å². The summed E-state index contributed by atoms with van der Waals surface area (Å²) in [6.07, 6.45) is 6.32. The third kappa shape index (κ3) is 3.57. The first-order valence-corrected chi connectivity index (χ1v) is 10.9. The zero-order chi connectivity index (χ0) is 21.4. The Labute approximate surface area is 185 Å². The minimum atomic E-state index is -0.384. The van der Waals surface area contributed by atoms with Crippen molar-refractivity contribution < 1.29 is 9.34 Å². The van der Waals surface area contributed by atoms with Gasteiger partial charge in [-0.1, -0.05) is 31.0 Å². The van der Waals surface area contributed by atoms with Gasteiger partial charge in [0.15, 0.2) is 5.11 Å². The number of benzene rings is 1. The van der Waals surface area contributed by atoms with Gasteiger partial charge in [-0.05, 0) is 55.4 Å². The van der Waals surface area contributed by atoms with Crippen molar-refractivity contribution in [3.05, 3.63) is 82.4 Å². The molecule has 1 aliphatic carbocycles. The average molecular weight is 435 g/mol. The van der Waals surface area contributed by atoms with Crippen molar-refractivity contribution >= 4 is 23.0 Å². The van der Waals surface area contributed by atoms with Gasteiger partial charge in [0.2, 0.25) is 0 Å². The summed E-state index contributed by atoms with van der Waals surface area (Å²) in [6.45, 7) is 0. The Morgan fingerprint density at radius 2 is 1.87 bits per heavy atom. The molecule has 3 heterocycles. The molecule has 1 aromatic carbocycles. The first-order valence-electron chi connectivity index (χ1n) is 10.5. The van der Waals surface area contributed by atoms with Crippen LogP contribution in [0.3, 0.4) is 0 Å². The predicted molar refractivity (Wildman–Crippen MR) is 120 cm³/mol. The Morgan fingerprint density at radius 3 is 2.61 bits per heavy atom. The van der Waals surface area contributed by atoms with Crippen LogP contribution >= 0.6 is 12.2 Å². The molecule has 2 atom stereocenters. The molecule has 8 heteroatoms. The van der Waals surface area contributed by atoms with Crippen LogP contribution in [0.15, 0.2) is 65.2 Å². The number of nitrogens with zero attached hydrogens (tertiary/aromatic N) is 3. The van der Waals surface area contributed by atoms with Crippen LogP contribution in [-0.2, 0) is 0 Å². The number of nitro benzene ring substituents is 1. The van der Waals surface area contributed by atoms with Crippen LogP contribution in [0.1, 0.15) is 49.2 Å². The van der Waals surface area contributed by atoms with E-state index in [1.807, 2.05) is 24.3 Å². The lowest BCUT2D eigenvalue weighted by Crippen LogP contribution is -2.37. The largest absolute Gasteiger partial charge is 0.459 e. The molecule has 1 saturated heterocycles. The highest BCUT2D eigenvalue weighted by Gasteiger charge is 2.45. The Hall–Kier alpha value is -3.26. The third-order valence-corrected chi connectivity index (χ3v) is 6.47. The van der Waals surface area contributed by atoms with Crippen molar-refractivity contribution in [2.75, 3.05) is 0 Å². The van der Waals surface area contributed by atoms with Gasteiger partial charge in [0.05, 0.1) is 22.2 Å². The van der Waals surface area contributed by atoms with E-state index in [0.717, 1.165) is 24.3 Å². The van der Waals surface area contributed by atoms with Crippen molar-refractivity contribution in [1.29, 1.82) is 0 Å². The van der Waals surface area contributed by atoms with E-state index in [1.165, 1.54) is 18.9 Å². The summed E-state index contributed by atoms with van der Waals surface area (Å²) >= 11 is 5.74. The van der Waals surface area contributed by atoms with Gasteiger partial charge in [-0.25, -0.2) is 0 Å². The number of nitrogens with one attached hydrogen (secondary N) is 1. The zero-order valence-corrected chi connectivity index (χ0v) is 17.6. The number of pyridine rings is 1. The van der Waals surface area contributed by atoms with Crippen molar-refractivity contribution in [3.63, 3.8) is 0 Å². The Bertz CT molecular complexity index is 1110. The summed E-state index contributed by atoms with van der Waals surface area (Å²) in [5.74, 6) is 1.20. The van der Waals surface area contributed by atoms with E-state index in [-0.39, 0.29) is 22.7 Å². The van der Waals surface area contributed by atoms with Gasteiger partial charge in [0.25, 0.3) is 5.69 Å². The maximum Gasteiger partial charge on any atom is 0.280 e. The number of rotatable bonds is 5. The number of para-hydroxylation sites is 1. The van der Waals surface area contributed by atoms with Gasteiger partial charge in [-0.3, -0.25) is 15.1 Å². The minimum Gasteiger partial charge on any atom is -0.459 e. The van der Waals surface area contributed by atoms with Crippen LogP contribution in [0.2, 0.25) is 0 Å². The van der Waals surface area contributed by atoms with Crippen LogP contribution in [0.5, 0.6) is 0 Å². The molecule has 158 valence electrons. The van der Waals surface area contributed by atoms with Gasteiger partial charge in [0.1, 0.15) is 17.6 Å². The van der Waals surface area contributed by atoms with E-state index in [9.17, 15) is 10.1 Å². The molecule has 0 amide bonds. The fraction of sp³-hybridized carbons (Fsp3) is 0.304. The molecule has 1 saturated carbocycles. The number of aromatic nitrogens is 1. The standard InChI is InChI=1S/C23H22N4O3S/c28-27(29)18-11-4-3-9-16(18)19-12-13-20(30-19)22-21(17-10-5-6-14-24-17)25-23(31)26(22)15-7-1-2-8-15/h3-6,9-15,21-22H,1-2,7-8H2,(H,25,31)/t21-,22-/m1/s1. The second-order valence-electron chi connectivity index (χ2n) is 7.95. The van der Waals surface area contributed by atoms with Crippen molar-refractivity contribution in [3.8, 4) is 11.3 Å². The lowest BCUT2D eigenvalue weighted by atomic mass is 10.0. The first-order chi connectivity index (χ1) is 15.1. The third-order valence-electron chi connectivity index (χ3n) is 6.14. The molecule has 0 unspecified atom stereocenters. The Morgan fingerprint density at radius 1 is 1.10 bits per heavy atom. The molecular formula is C23H22N4O3S. The number of hydrogen-bond donors (Lipinski definition) is 1. The molecular weight excluding hydrogens is 412 g/mol. The van der Waals surface area contributed by atoms with Gasteiger partial charge in [-0.2, -0.15) is 0 Å². The summed E-state index contributed by atoms with van der Waals surface area (Å²) in [6, 6.07) is 16.2. The monoisotopic (exact) mass is 434 g/mol. The summed E-state index contributed by atoms with van der Waals surface area (Å²) in [5.41, 5.74) is 1.38. The van der Waals surface area contributed by atoms with E-state index in [1.54, 1.807) is 30.5 Å². The fourth-order valence-corrected chi connectivity index (χ4v) is 5.13. The van der Waals surface area contributed by atoms with Crippen molar-refractivity contribution in [2.45, 2.75) is 43.8 Å². The van der Waals surface area contributed by atoms with Crippen LogP contribution in [0.25, 0.3) is 11.3 Å². The molecule has 1 aliphatic heterocycles. The van der Waals surface area contributed by atoms with Gasteiger partial charge < -0.3 is 14.6 Å². The molecule has 0 radical (unpaired) electrons. The molecule has 0 spiro atoms. The maximum absolute atomic E-state index is 11.5. The quantitative estimate of drug-likeness (QED) is 0.337. The van der Waals surface area contributed by atoms with E-state index >= 15 is 0 Å². The second-order valence-corrected chi connectivity index (χ2v) is 8.34. The number of thiocarbonyl (C=S) groups is 1. The number of furan rings is 1. The molecule has 2 aliphatic rings. The topological polar surface area (TPSA) is 84.4 Å². The molecule has 2 fully saturated rings. The molecule has 1 N–H and O–H groups in total. The van der Waals surface area contributed by atoms with E-state index < -0.39 is 0 Å². The summed E-state index contributed by atoms with van der Waals surface area (Å²) in [7, 11) is 0. The molecule has 5 rings (SSSR count). The molecule has 7 nitrogen and oxygen atoms in total. The van der Waals surface area contributed by atoms with E-state index in [0.29, 0.717) is 22.5 Å². The summed E-state index contributed by atoms with van der Waals surface area (Å²) < 4.78 is 6.26. The lowest BCUT2D eigenvalue weighted by Gasteiger charge is -2.31. The van der Waals surface area contributed by atoms with Gasteiger partial charge >= 0.3 is 0 Å². The highest BCUT2D eigenvalue weighted by atomic mass is 32.1. The normalized spacial score (nSPS) is 21.4. The summed E-state index contributed by atoms with van der Waals surface area (Å²) in [5, 5.41) is 15.6. The van der Waals surface area contributed by atoms with Crippen molar-refractivity contribution in [1.82, 2.24) is 15.2 Å². The Kier molecular flexibility index (Phi) is 5.15. The zero-order valence-electron chi connectivity index (χ0n) is 16.8. The molecule has 31 heavy (non-hydrogen) atoms. The Balaban J connectivity index is 1.57. The second kappa shape index (κ2) is 8.11. The lowest BCUT2D eigenvalue weighted by molar-refractivity contribution is -0.384. The molecule has 0 bridgehead atoms. The van der Waals surface area contributed by atoms with Gasteiger partial charge in [0, 0.05) is 18.3 Å². The van der Waals surface area contributed by atoms with Crippen molar-refractivity contribution in [2.24, 2.45) is 0 Å². The highest BCUT2D eigenvalue weighted by Crippen LogP contribution is 2.44. The van der Waals surface area contributed by atoms with Crippen LogP contribution < -0.4 is 5.32 Å². The SMILES string of the molecule is O=[N+]([O-])c1ccccc1-c1ccc([C@@H]2[C@@H](c3ccccn3)NC(=S)N2C2CCCC2)o1. The fourth-order valence-electron chi connectivity index (χ4n) is 4.74. The first kappa shape index (κ1) is 19.7. The van der Waals surface area contributed by atoms with Crippen LogP contribution in [0.4, 0.5) is 5.69 Å². The highest BCUT2D eigenvalue weighted by molar-refractivity contribution is 7.80. The smallest absolute Gasteiger partial charge is 0.280 e. The summed E-state index contributed by atoms with van der Waals surface area (Å²) in [4.78, 5) is 17.9. The van der Waals surface area contributed by atoms with E-state index in [4.69, 9.17) is 16.6 Å². The minimum absolute atomic E-state index is 0.0254. The maximum atomic E-state index is 11.5. The van der Waals surface area contributed by atoms with Crippen LogP contribution in [-0.4, -0.2) is 26.0 Å². The average Bonchev–Trinajstić information content (AvgIpc) is 3.54. The number of nitro groups is 1. The van der Waals surface area contributed by atoms with Gasteiger partial charge in [-0.15, -0.1) is 0 Å².